The molecule has 4 heteroatoms. The number of carbonyl (C=O) groups excluding carboxylic acids is 2. The molecule has 0 aliphatic carbocycles. The van der Waals surface area contributed by atoms with E-state index in [-0.39, 0.29) is 12.5 Å². The Labute approximate surface area is 52.6 Å². The van der Waals surface area contributed by atoms with Crippen molar-refractivity contribution in [3.8, 4) is 0 Å². The first-order chi connectivity index (χ1) is 4.16. The number of hydrogen-bond donors (Lipinski definition) is 2. The van der Waals surface area contributed by atoms with Gasteiger partial charge in [0.2, 0.25) is 12.2 Å². The first-order valence-electron chi connectivity index (χ1n) is 2.62. The van der Waals surface area contributed by atoms with Gasteiger partial charge < -0.3 is 5.32 Å². The van der Waals surface area contributed by atoms with Gasteiger partial charge in [0.1, 0.15) is 0 Å². The third-order valence-corrected chi connectivity index (χ3v) is 1.20. The molecule has 0 bridgehead atoms. The van der Waals surface area contributed by atoms with Crippen LogP contribution in [-0.4, -0.2) is 24.4 Å². The van der Waals surface area contributed by atoms with Crippen LogP contribution in [0.3, 0.4) is 0 Å². The van der Waals surface area contributed by atoms with Gasteiger partial charge in [-0.2, -0.15) is 0 Å². The lowest BCUT2D eigenvalue weighted by Gasteiger charge is -2.13. The van der Waals surface area contributed by atoms with Gasteiger partial charge in [-0.25, -0.2) is 0 Å². The van der Waals surface area contributed by atoms with E-state index in [2.05, 4.69) is 10.6 Å². The lowest BCUT2D eigenvalue weighted by Crippen LogP contribution is -2.47. The molecule has 1 unspecified atom stereocenters. The number of rotatable bonds is 1. The molecule has 1 heterocycles. The highest BCUT2D eigenvalue weighted by Crippen LogP contribution is 1.98. The Bertz CT molecular complexity index is 157. The minimum absolute atomic E-state index is 0.166. The van der Waals surface area contributed by atoms with E-state index in [1.54, 1.807) is 13.2 Å². The molecule has 0 aromatic rings. The average Bonchev–Trinajstić information content (AvgIpc) is 2.13. The maximum atomic E-state index is 10.5. The molecule has 1 radical (unpaired) electrons. The first kappa shape index (κ1) is 6.22. The standard InChI is InChI=1S/C5H7N2O2/c1-5(3-8)6-2-4(9)7-5/h6H,2H2,1H3,(H,7,9). The molecule has 0 spiro atoms. The normalized spacial score (nSPS) is 34.1. The Hall–Kier alpha value is -0.900. The van der Waals surface area contributed by atoms with Crippen LogP contribution < -0.4 is 10.6 Å². The highest BCUT2D eigenvalue weighted by Gasteiger charge is 2.32. The van der Waals surface area contributed by atoms with E-state index < -0.39 is 5.66 Å². The summed E-state index contributed by atoms with van der Waals surface area (Å²) in [6.45, 7) is 1.76. The summed E-state index contributed by atoms with van der Waals surface area (Å²) < 4.78 is 0. The van der Waals surface area contributed by atoms with Gasteiger partial charge in [-0.3, -0.25) is 14.9 Å². The third-order valence-electron chi connectivity index (χ3n) is 1.20. The fourth-order valence-corrected chi connectivity index (χ4v) is 0.686. The molecule has 1 rings (SSSR count). The van der Waals surface area contributed by atoms with Crippen LogP contribution in [0.25, 0.3) is 0 Å². The molecular weight excluding hydrogens is 120 g/mol. The first-order valence-corrected chi connectivity index (χ1v) is 2.62. The minimum atomic E-state index is -0.947. The molecule has 1 atom stereocenters. The molecule has 49 valence electrons. The van der Waals surface area contributed by atoms with Crippen LogP contribution in [0.4, 0.5) is 0 Å². The summed E-state index contributed by atoms with van der Waals surface area (Å²) in [4.78, 5) is 20.5. The van der Waals surface area contributed by atoms with E-state index in [1.807, 2.05) is 0 Å². The van der Waals surface area contributed by atoms with E-state index in [1.165, 1.54) is 0 Å². The summed E-state index contributed by atoms with van der Waals surface area (Å²) in [6.07, 6.45) is 1.68. The predicted octanol–water partition coefficient (Wildman–Crippen LogP) is -1.47. The van der Waals surface area contributed by atoms with Gasteiger partial charge in [-0.1, -0.05) is 0 Å². The zero-order chi connectivity index (χ0) is 6.91. The monoisotopic (exact) mass is 127 g/mol. The second-order valence-corrected chi connectivity index (χ2v) is 2.13. The zero-order valence-corrected chi connectivity index (χ0v) is 5.02. The van der Waals surface area contributed by atoms with Crippen LogP contribution in [0.15, 0.2) is 0 Å². The van der Waals surface area contributed by atoms with Crippen molar-refractivity contribution in [3.63, 3.8) is 0 Å². The van der Waals surface area contributed by atoms with Gasteiger partial charge in [0.15, 0.2) is 5.66 Å². The van der Waals surface area contributed by atoms with Gasteiger partial charge >= 0.3 is 0 Å². The van der Waals surface area contributed by atoms with Crippen molar-refractivity contribution < 1.29 is 9.59 Å². The molecule has 0 saturated carbocycles. The van der Waals surface area contributed by atoms with Crippen LogP contribution in [-0.2, 0) is 9.59 Å². The third kappa shape index (κ3) is 1.08. The lowest BCUT2D eigenvalue weighted by molar-refractivity contribution is -0.118. The van der Waals surface area contributed by atoms with E-state index >= 15 is 0 Å². The van der Waals surface area contributed by atoms with E-state index in [0.717, 1.165) is 0 Å². The summed E-state index contributed by atoms with van der Waals surface area (Å²) >= 11 is 0. The quantitative estimate of drug-likeness (QED) is 0.452. The minimum Gasteiger partial charge on any atom is -0.330 e. The lowest BCUT2D eigenvalue weighted by atomic mass is 10.3. The molecule has 9 heavy (non-hydrogen) atoms. The van der Waals surface area contributed by atoms with Crippen LogP contribution in [0.5, 0.6) is 0 Å². The molecule has 4 nitrogen and oxygen atoms in total. The van der Waals surface area contributed by atoms with Crippen molar-refractivity contribution >= 4 is 12.2 Å². The molecular formula is C5H7N2O2. The summed E-state index contributed by atoms with van der Waals surface area (Å²) in [5.41, 5.74) is -0.947. The van der Waals surface area contributed by atoms with Gasteiger partial charge in [-0.15, -0.1) is 0 Å². The largest absolute Gasteiger partial charge is 0.330 e. The van der Waals surface area contributed by atoms with Crippen molar-refractivity contribution in [1.29, 1.82) is 0 Å². The van der Waals surface area contributed by atoms with Crippen molar-refractivity contribution in [1.82, 2.24) is 10.6 Å². The molecule has 1 fully saturated rings. The van der Waals surface area contributed by atoms with Crippen LogP contribution in [0.2, 0.25) is 0 Å². The van der Waals surface area contributed by atoms with Crippen LogP contribution in [0.1, 0.15) is 6.92 Å². The Morgan fingerprint density at radius 3 is 2.67 bits per heavy atom. The topological polar surface area (TPSA) is 58.2 Å². The number of amides is 1. The van der Waals surface area contributed by atoms with E-state index in [9.17, 15) is 9.59 Å². The zero-order valence-electron chi connectivity index (χ0n) is 5.02. The Balaban J connectivity index is 2.65. The van der Waals surface area contributed by atoms with Crippen LogP contribution in [0, 0.1) is 0 Å². The molecule has 1 aliphatic rings. The number of carbonyl (C=O) groups is 1. The fourth-order valence-electron chi connectivity index (χ4n) is 0.686. The smallest absolute Gasteiger partial charge is 0.242 e. The molecule has 1 aliphatic heterocycles. The number of hydrogen-bond acceptors (Lipinski definition) is 3. The molecule has 0 aromatic carbocycles. The van der Waals surface area contributed by atoms with Crippen molar-refractivity contribution in [2.75, 3.05) is 6.54 Å². The Morgan fingerprint density at radius 1 is 1.78 bits per heavy atom. The van der Waals surface area contributed by atoms with Crippen molar-refractivity contribution in [3.05, 3.63) is 0 Å². The molecule has 2 N–H and O–H groups in total. The maximum Gasteiger partial charge on any atom is 0.242 e. The van der Waals surface area contributed by atoms with E-state index in [0.29, 0.717) is 0 Å². The average molecular weight is 127 g/mol. The highest BCUT2D eigenvalue weighted by atomic mass is 16.2. The molecule has 1 amide bonds. The second kappa shape index (κ2) is 1.80. The summed E-state index contributed by atoms with van der Waals surface area (Å²) in [6, 6.07) is 0. The highest BCUT2D eigenvalue weighted by molar-refractivity contribution is 5.86. The van der Waals surface area contributed by atoms with Gasteiger partial charge in [0, 0.05) is 0 Å². The molecule has 0 aromatic heterocycles. The van der Waals surface area contributed by atoms with Gasteiger partial charge in [0.05, 0.1) is 6.54 Å². The van der Waals surface area contributed by atoms with Crippen molar-refractivity contribution in [2.45, 2.75) is 12.6 Å². The predicted molar refractivity (Wildman–Crippen MR) is 30.2 cm³/mol. The SMILES string of the molecule is CC1([C]=O)NCC(=O)N1. The maximum absolute atomic E-state index is 10.5. The Morgan fingerprint density at radius 2 is 2.44 bits per heavy atom. The van der Waals surface area contributed by atoms with Crippen molar-refractivity contribution in [2.24, 2.45) is 0 Å². The summed E-state index contributed by atoms with van der Waals surface area (Å²) in [5.74, 6) is -0.166. The number of nitrogens with one attached hydrogen (secondary N) is 2. The Kier molecular flexibility index (Phi) is 1.25. The molecule has 1 saturated heterocycles. The van der Waals surface area contributed by atoms with Gasteiger partial charge in [0.25, 0.3) is 0 Å². The van der Waals surface area contributed by atoms with E-state index in [4.69, 9.17) is 0 Å². The van der Waals surface area contributed by atoms with Gasteiger partial charge in [-0.05, 0) is 6.92 Å². The van der Waals surface area contributed by atoms with Crippen LogP contribution >= 0.6 is 0 Å². The fraction of sp³-hybridized carbons (Fsp3) is 0.600. The second-order valence-electron chi connectivity index (χ2n) is 2.13. The summed E-state index contributed by atoms with van der Waals surface area (Å²) in [5, 5.41) is 5.05. The summed E-state index contributed by atoms with van der Waals surface area (Å²) in [7, 11) is 0.